The molecule has 0 bridgehead atoms. The Morgan fingerprint density at radius 1 is 1.39 bits per heavy atom. The van der Waals surface area contributed by atoms with E-state index in [0.29, 0.717) is 0 Å². The van der Waals surface area contributed by atoms with E-state index in [-0.39, 0.29) is 0 Å². The molecule has 2 N–H and O–H groups in total. The highest BCUT2D eigenvalue weighted by molar-refractivity contribution is 5.32. The van der Waals surface area contributed by atoms with Gasteiger partial charge in [-0.25, -0.2) is 0 Å². The topological polar surface area (TPSA) is 49.8 Å². The Morgan fingerprint density at radius 3 is 3.00 bits per heavy atom. The van der Waals surface area contributed by atoms with Gasteiger partial charge in [0, 0.05) is 6.54 Å². The van der Waals surface area contributed by atoms with Crippen molar-refractivity contribution in [3.8, 4) is 0 Å². The standard InChI is InChI=1S/C14H24N4/c1-2-4-13-6-7-14(18-17-13)16-10-8-12-5-3-9-15-11-12/h6-7,12,15H,2-5,8-11H2,1H3,(H,16,18). The van der Waals surface area contributed by atoms with Gasteiger partial charge in [-0.05, 0) is 56.8 Å². The van der Waals surface area contributed by atoms with E-state index in [0.717, 1.165) is 36.8 Å². The van der Waals surface area contributed by atoms with Crippen LogP contribution in [0.4, 0.5) is 5.82 Å². The monoisotopic (exact) mass is 248 g/mol. The molecule has 4 heteroatoms. The summed E-state index contributed by atoms with van der Waals surface area (Å²) >= 11 is 0. The maximum atomic E-state index is 4.21. The molecule has 1 aromatic heterocycles. The molecule has 0 amide bonds. The summed E-state index contributed by atoms with van der Waals surface area (Å²) in [5, 5.41) is 15.2. The number of hydrogen-bond acceptors (Lipinski definition) is 4. The van der Waals surface area contributed by atoms with Crippen LogP contribution in [0.25, 0.3) is 0 Å². The van der Waals surface area contributed by atoms with Gasteiger partial charge in [0.1, 0.15) is 5.82 Å². The Bertz CT molecular complexity index is 330. The summed E-state index contributed by atoms with van der Waals surface area (Å²) in [7, 11) is 0. The minimum Gasteiger partial charge on any atom is -0.369 e. The van der Waals surface area contributed by atoms with Gasteiger partial charge in [0.15, 0.2) is 0 Å². The molecule has 1 aliphatic heterocycles. The zero-order valence-electron chi connectivity index (χ0n) is 11.3. The van der Waals surface area contributed by atoms with Gasteiger partial charge >= 0.3 is 0 Å². The number of aromatic nitrogens is 2. The zero-order chi connectivity index (χ0) is 12.6. The number of hydrogen-bond donors (Lipinski definition) is 2. The van der Waals surface area contributed by atoms with Crippen LogP contribution in [-0.2, 0) is 6.42 Å². The van der Waals surface area contributed by atoms with Crippen molar-refractivity contribution in [2.24, 2.45) is 5.92 Å². The third-order valence-corrected chi connectivity index (χ3v) is 3.48. The molecule has 2 rings (SSSR count). The normalized spacial score (nSPS) is 19.7. The third kappa shape index (κ3) is 4.26. The molecule has 1 atom stereocenters. The van der Waals surface area contributed by atoms with Crippen LogP contribution in [0.15, 0.2) is 12.1 Å². The van der Waals surface area contributed by atoms with E-state index in [1.807, 2.05) is 6.07 Å². The molecule has 1 fully saturated rings. The van der Waals surface area contributed by atoms with Crippen LogP contribution in [0.5, 0.6) is 0 Å². The molecule has 0 aliphatic carbocycles. The van der Waals surface area contributed by atoms with Gasteiger partial charge in [-0.2, -0.15) is 5.10 Å². The number of anilines is 1. The number of rotatable bonds is 6. The highest BCUT2D eigenvalue weighted by Crippen LogP contribution is 2.14. The Hall–Kier alpha value is -1.16. The first-order valence-electron chi connectivity index (χ1n) is 7.15. The van der Waals surface area contributed by atoms with Crippen LogP contribution in [0.1, 0.15) is 38.3 Å². The number of nitrogens with one attached hydrogen (secondary N) is 2. The lowest BCUT2D eigenvalue weighted by Crippen LogP contribution is -2.30. The van der Waals surface area contributed by atoms with Crippen molar-refractivity contribution >= 4 is 5.82 Å². The van der Waals surface area contributed by atoms with Crippen molar-refractivity contribution in [1.82, 2.24) is 15.5 Å². The van der Waals surface area contributed by atoms with Gasteiger partial charge in [-0.15, -0.1) is 5.10 Å². The first-order valence-corrected chi connectivity index (χ1v) is 7.15. The fraction of sp³-hybridized carbons (Fsp3) is 0.714. The average molecular weight is 248 g/mol. The number of piperidine rings is 1. The summed E-state index contributed by atoms with van der Waals surface area (Å²) < 4.78 is 0. The van der Waals surface area contributed by atoms with Gasteiger partial charge in [-0.3, -0.25) is 0 Å². The smallest absolute Gasteiger partial charge is 0.148 e. The first kappa shape index (κ1) is 13.3. The second-order valence-corrected chi connectivity index (χ2v) is 5.09. The van der Waals surface area contributed by atoms with E-state index in [2.05, 4.69) is 33.8 Å². The van der Waals surface area contributed by atoms with Crippen molar-refractivity contribution in [3.63, 3.8) is 0 Å². The van der Waals surface area contributed by atoms with Gasteiger partial charge in [-0.1, -0.05) is 13.3 Å². The van der Waals surface area contributed by atoms with E-state index in [9.17, 15) is 0 Å². The molecule has 18 heavy (non-hydrogen) atoms. The number of nitrogens with zero attached hydrogens (tertiary/aromatic N) is 2. The second kappa shape index (κ2) is 7.31. The van der Waals surface area contributed by atoms with Crippen LogP contribution >= 0.6 is 0 Å². The molecule has 0 saturated carbocycles. The predicted octanol–water partition coefficient (Wildman–Crippen LogP) is 2.23. The molecule has 4 nitrogen and oxygen atoms in total. The molecule has 1 aliphatic rings. The van der Waals surface area contributed by atoms with Crippen LogP contribution in [0.3, 0.4) is 0 Å². The molecule has 2 heterocycles. The van der Waals surface area contributed by atoms with Crippen LogP contribution in [-0.4, -0.2) is 29.8 Å². The summed E-state index contributed by atoms with van der Waals surface area (Å²) in [6.07, 6.45) is 6.02. The van der Waals surface area contributed by atoms with Gasteiger partial charge in [0.25, 0.3) is 0 Å². The van der Waals surface area contributed by atoms with Crippen molar-refractivity contribution in [3.05, 3.63) is 17.8 Å². The van der Waals surface area contributed by atoms with E-state index in [1.165, 1.54) is 32.4 Å². The second-order valence-electron chi connectivity index (χ2n) is 5.09. The summed E-state index contributed by atoms with van der Waals surface area (Å²) in [5.74, 6) is 1.72. The van der Waals surface area contributed by atoms with Crippen molar-refractivity contribution in [2.45, 2.75) is 39.0 Å². The highest BCUT2D eigenvalue weighted by atomic mass is 15.2. The van der Waals surface area contributed by atoms with Crippen molar-refractivity contribution in [2.75, 3.05) is 25.0 Å². The van der Waals surface area contributed by atoms with Gasteiger partial charge < -0.3 is 10.6 Å². The Balaban J connectivity index is 1.69. The maximum Gasteiger partial charge on any atom is 0.148 e. The fourth-order valence-electron chi connectivity index (χ4n) is 2.42. The molecule has 0 radical (unpaired) electrons. The molecular weight excluding hydrogens is 224 g/mol. The Labute approximate surface area is 110 Å². The van der Waals surface area contributed by atoms with Gasteiger partial charge in [0.2, 0.25) is 0 Å². The van der Waals surface area contributed by atoms with E-state index >= 15 is 0 Å². The molecule has 1 aromatic rings. The molecular formula is C14H24N4. The fourth-order valence-corrected chi connectivity index (χ4v) is 2.42. The minimum atomic E-state index is 0.818. The molecule has 0 aromatic carbocycles. The Kier molecular flexibility index (Phi) is 5.39. The summed E-state index contributed by atoms with van der Waals surface area (Å²) in [4.78, 5) is 0. The largest absolute Gasteiger partial charge is 0.369 e. The Morgan fingerprint density at radius 2 is 2.33 bits per heavy atom. The molecule has 1 saturated heterocycles. The predicted molar refractivity (Wildman–Crippen MR) is 74.7 cm³/mol. The van der Waals surface area contributed by atoms with Crippen molar-refractivity contribution in [1.29, 1.82) is 0 Å². The number of aryl methyl sites for hydroxylation is 1. The van der Waals surface area contributed by atoms with Crippen LogP contribution in [0, 0.1) is 5.92 Å². The summed E-state index contributed by atoms with van der Waals surface area (Å²) in [6, 6.07) is 4.11. The lowest BCUT2D eigenvalue weighted by Gasteiger charge is -2.22. The minimum absolute atomic E-state index is 0.818. The summed E-state index contributed by atoms with van der Waals surface area (Å²) in [5.41, 5.74) is 1.08. The van der Waals surface area contributed by atoms with Crippen LogP contribution < -0.4 is 10.6 Å². The summed E-state index contributed by atoms with van der Waals surface area (Å²) in [6.45, 7) is 5.51. The molecule has 0 spiro atoms. The van der Waals surface area contributed by atoms with Crippen LogP contribution in [0.2, 0.25) is 0 Å². The zero-order valence-corrected chi connectivity index (χ0v) is 11.3. The SMILES string of the molecule is CCCc1ccc(NCCC2CCCNC2)nn1. The maximum absolute atomic E-state index is 4.21. The van der Waals surface area contributed by atoms with E-state index in [4.69, 9.17) is 0 Å². The van der Waals surface area contributed by atoms with Gasteiger partial charge in [0.05, 0.1) is 5.69 Å². The lowest BCUT2D eigenvalue weighted by atomic mass is 9.96. The molecule has 100 valence electrons. The lowest BCUT2D eigenvalue weighted by molar-refractivity contribution is 0.364. The molecule has 1 unspecified atom stereocenters. The highest BCUT2D eigenvalue weighted by Gasteiger charge is 2.12. The third-order valence-electron chi connectivity index (χ3n) is 3.48. The van der Waals surface area contributed by atoms with Crippen molar-refractivity contribution < 1.29 is 0 Å². The average Bonchev–Trinajstić information content (AvgIpc) is 2.42. The first-order chi connectivity index (χ1) is 8.88. The van der Waals surface area contributed by atoms with E-state index in [1.54, 1.807) is 0 Å². The van der Waals surface area contributed by atoms with E-state index < -0.39 is 0 Å². The quantitative estimate of drug-likeness (QED) is 0.810.